The van der Waals surface area contributed by atoms with Crippen LogP contribution in [0.3, 0.4) is 0 Å². The number of primary amides is 1. The maximum atomic E-state index is 15.3. The van der Waals surface area contributed by atoms with Crippen LogP contribution < -0.4 is 26.5 Å². The average Bonchev–Trinajstić information content (AvgIpc) is 3.71. The first-order valence-electron chi connectivity index (χ1n) is 26.8. The van der Waals surface area contributed by atoms with Gasteiger partial charge in [-0.25, -0.2) is 4.79 Å². The Morgan fingerprint density at radius 2 is 1.26 bits per heavy atom. The monoisotopic (exact) mass is 1030 g/mol. The first kappa shape index (κ1) is 62.4. The Kier molecular flexibility index (Phi) is 24.6. The molecule has 18 heteroatoms. The Balaban J connectivity index is 2.42. The summed E-state index contributed by atoms with van der Waals surface area (Å²) in [5, 5.41) is 9.60. The van der Waals surface area contributed by atoms with Gasteiger partial charge >= 0.3 is 5.97 Å². The topological polar surface area (TPSA) is 232 Å². The van der Waals surface area contributed by atoms with Gasteiger partial charge in [0.15, 0.2) is 6.10 Å². The normalized spacial score (nSPS) is 24.3. The van der Waals surface area contributed by atoms with Crippen LogP contribution in [0.1, 0.15) is 151 Å². The van der Waals surface area contributed by atoms with E-state index < -0.39 is 89.2 Å². The zero-order chi connectivity index (χ0) is 55.6. The Morgan fingerprint density at radius 3 is 1.77 bits per heavy atom. The molecule has 0 saturated carbocycles. The molecule has 74 heavy (non-hydrogen) atoms. The van der Waals surface area contributed by atoms with Crippen molar-refractivity contribution in [2.45, 2.75) is 194 Å². The van der Waals surface area contributed by atoms with Crippen molar-refractivity contribution in [3.05, 3.63) is 48.7 Å². The van der Waals surface area contributed by atoms with E-state index in [0.717, 1.165) is 49.4 Å². The number of amides is 7. The van der Waals surface area contributed by atoms with Crippen LogP contribution in [0.25, 0.3) is 10.9 Å². The van der Waals surface area contributed by atoms with Gasteiger partial charge in [-0.2, -0.15) is 4.73 Å². The van der Waals surface area contributed by atoms with Crippen LogP contribution in [0.5, 0.6) is 0 Å². The number of nitrogens with one attached hydrogen (secondary N) is 3. The number of fused-ring (bicyclic) bond motifs is 1. The van der Waals surface area contributed by atoms with E-state index in [0.29, 0.717) is 5.56 Å². The van der Waals surface area contributed by atoms with Crippen molar-refractivity contribution in [3.63, 3.8) is 0 Å². The Morgan fingerprint density at radius 1 is 0.757 bits per heavy atom. The van der Waals surface area contributed by atoms with Crippen molar-refractivity contribution in [2.24, 2.45) is 29.4 Å². The third-order valence-electron chi connectivity index (χ3n) is 14.5. The predicted octanol–water partition coefficient (Wildman–Crippen LogP) is 5.86. The minimum absolute atomic E-state index is 0.0328. The molecule has 1 fully saturated rings. The number of cyclic esters (lactones) is 1. The number of para-hydroxylation sites is 1. The molecule has 1 aromatic carbocycles. The lowest BCUT2D eigenvalue weighted by Crippen LogP contribution is -2.62. The third kappa shape index (κ3) is 17.1. The van der Waals surface area contributed by atoms with E-state index in [1.54, 1.807) is 10.9 Å². The van der Waals surface area contributed by atoms with Crippen molar-refractivity contribution in [1.29, 1.82) is 0 Å². The summed E-state index contributed by atoms with van der Waals surface area (Å²) in [5.74, 6) is -6.13. The molecule has 18 nitrogen and oxygen atoms in total. The summed E-state index contributed by atoms with van der Waals surface area (Å²) in [5.41, 5.74) is 5.14. The summed E-state index contributed by atoms with van der Waals surface area (Å²) in [6.45, 7) is 21.0. The number of ether oxygens (including phenoxy) is 1. The number of unbranched alkanes of at least 4 members (excludes halogenated alkanes) is 2. The molecule has 9 atom stereocenters. The fourth-order valence-corrected chi connectivity index (χ4v) is 9.80. The average molecular weight is 1040 g/mol. The molecule has 1 aliphatic rings. The van der Waals surface area contributed by atoms with Crippen LogP contribution in [0.15, 0.2) is 43.1 Å². The summed E-state index contributed by atoms with van der Waals surface area (Å²) >= 11 is 0. The minimum Gasteiger partial charge on any atom is -0.450 e. The summed E-state index contributed by atoms with van der Waals surface area (Å²) in [7, 11) is 5.92. The van der Waals surface area contributed by atoms with Gasteiger partial charge in [0.2, 0.25) is 35.4 Å². The lowest BCUT2D eigenvalue weighted by molar-refractivity contribution is -0.171. The molecule has 1 aromatic heterocycles. The third-order valence-corrected chi connectivity index (χ3v) is 14.5. The number of hydrogen-bond acceptors (Lipinski definition) is 10. The van der Waals surface area contributed by atoms with Gasteiger partial charge in [0, 0.05) is 52.0 Å². The van der Waals surface area contributed by atoms with Crippen molar-refractivity contribution >= 4 is 58.2 Å². The maximum absolute atomic E-state index is 15.3. The quantitative estimate of drug-likeness (QED) is 0.0811. The summed E-state index contributed by atoms with van der Waals surface area (Å²) < 4.78 is 7.60. The molecule has 5 N–H and O–H groups in total. The molecule has 7 amide bonds. The van der Waals surface area contributed by atoms with Crippen LogP contribution in [0.4, 0.5) is 0 Å². The van der Waals surface area contributed by atoms with Gasteiger partial charge in [0.05, 0.1) is 5.52 Å². The maximum Gasteiger partial charge on any atom is 0.332 e. The number of hydrogen-bond donors (Lipinski definition) is 4. The second-order valence-corrected chi connectivity index (χ2v) is 21.8. The number of likely N-dealkylation sites (N-methyl/N-ethyl adjacent to an activating group) is 3. The van der Waals surface area contributed by atoms with E-state index in [1.807, 2.05) is 72.7 Å². The molecule has 0 aliphatic carbocycles. The highest BCUT2D eigenvalue weighted by Crippen LogP contribution is 2.28. The van der Waals surface area contributed by atoms with Gasteiger partial charge in [-0.15, -0.1) is 6.58 Å². The van der Waals surface area contributed by atoms with Gasteiger partial charge in [0.1, 0.15) is 42.9 Å². The van der Waals surface area contributed by atoms with E-state index in [-0.39, 0.29) is 75.0 Å². The second kappa shape index (κ2) is 29.2. The molecule has 3 rings (SSSR count). The molecule has 0 radical (unpaired) electrons. The molecule has 1 saturated heterocycles. The fourth-order valence-electron chi connectivity index (χ4n) is 9.80. The van der Waals surface area contributed by atoms with Crippen molar-refractivity contribution in [3.8, 4) is 0 Å². The number of aromatic nitrogens is 1. The van der Waals surface area contributed by atoms with E-state index in [9.17, 15) is 24.0 Å². The number of benzene rings is 1. The van der Waals surface area contributed by atoms with E-state index in [2.05, 4.69) is 29.5 Å². The molecule has 1 aliphatic heterocycles. The number of rotatable bonds is 22. The van der Waals surface area contributed by atoms with Gasteiger partial charge in [-0.1, -0.05) is 118 Å². The molecule has 0 spiro atoms. The van der Waals surface area contributed by atoms with Crippen LogP contribution in [-0.4, -0.2) is 137 Å². The van der Waals surface area contributed by atoms with E-state index in [1.165, 1.54) is 56.0 Å². The number of nitrogens with zero attached hydrogens (tertiary/aromatic N) is 4. The lowest BCUT2D eigenvalue weighted by Gasteiger charge is -2.39. The Hall–Kier alpha value is -5.94. The van der Waals surface area contributed by atoms with E-state index >= 15 is 14.4 Å². The summed E-state index contributed by atoms with van der Waals surface area (Å²) in [6.07, 6.45) is 6.29. The molecular weight excluding hydrogens is 945 g/mol. The number of carbonyl (C=O) groups excluding carboxylic acids is 8. The van der Waals surface area contributed by atoms with Crippen molar-refractivity contribution < 1.29 is 47.9 Å². The molecule has 414 valence electrons. The number of esters is 1. The standard InChI is InChI=1S/C56H90N8O10/c1-15-18-22-37(8)31-42-53(70)61(11)45(30-36(6)7)49(66)58-41(29-35(4)5)52(69)62(12)46(33-39-34-64(73-14)44-25-21-20-24-40(39)44)50(67)59-43(32-38(9)23-19-16-2)54(71)63(13)56(10,28-17-3)55(72)74-47(51(68)60-42)26-27-48(57)65/h17,20-21,24-25,34-38,41-43,45-47H,3,15-16,18-19,22-23,26-33H2,1-2,4-14H3,(H2,57,65)(H,58,66)(H,59,67)(H,60,68)/t37-,38-,41+,42+,43+,45+,46+,47?,56?/m1/s1. The summed E-state index contributed by atoms with van der Waals surface area (Å²) in [6, 6.07) is 1.48. The molecule has 2 heterocycles. The van der Waals surface area contributed by atoms with Crippen molar-refractivity contribution in [1.82, 2.24) is 35.4 Å². The van der Waals surface area contributed by atoms with Crippen molar-refractivity contribution in [2.75, 3.05) is 28.3 Å². The number of nitrogens with two attached hydrogens (primary N) is 1. The lowest BCUT2D eigenvalue weighted by atomic mass is 9.91. The zero-order valence-electron chi connectivity index (χ0n) is 46.8. The molecule has 2 unspecified atom stereocenters. The van der Waals surface area contributed by atoms with Gasteiger partial charge in [-0.05, 0) is 74.3 Å². The van der Waals surface area contributed by atoms with Gasteiger partial charge in [0.25, 0.3) is 5.91 Å². The number of carbonyl (C=O) groups is 8. The van der Waals surface area contributed by atoms with E-state index in [4.69, 9.17) is 15.3 Å². The molecular formula is C56H90N8O10. The minimum atomic E-state index is -1.82. The van der Waals surface area contributed by atoms with Crippen LogP contribution in [0.2, 0.25) is 0 Å². The molecule has 0 bridgehead atoms. The van der Waals surface area contributed by atoms with Gasteiger partial charge < -0.3 is 46.0 Å². The van der Waals surface area contributed by atoms with Crippen LogP contribution in [-0.2, 0) is 49.5 Å². The second-order valence-electron chi connectivity index (χ2n) is 21.8. The Bertz CT molecular complexity index is 2240. The van der Waals surface area contributed by atoms with Crippen LogP contribution >= 0.6 is 0 Å². The highest BCUT2D eigenvalue weighted by molar-refractivity contribution is 5.98. The first-order chi connectivity index (χ1) is 34.8. The Labute approximate surface area is 440 Å². The highest BCUT2D eigenvalue weighted by atomic mass is 16.6. The van der Waals surface area contributed by atoms with Crippen LogP contribution in [0, 0.1) is 23.7 Å². The summed E-state index contributed by atoms with van der Waals surface area (Å²) in [4.78, 5) is 126. The fraction of sp³-hybridized carbons (Fsp3) is 0.679. The zero-order valence-corrected chi connectivity index (χ0v) is 46.8. The largest absolute Gasteiger partial charge is 0.450 e. The smallest absolute Gasteiger partial charge is 0.332 e. The molecule has 2 aromatic rings. The predicted molar refractivity (Wildman–Crippen MR) is 287 cm³/mol. The van der Waals surface area contributed by atoms with Gasteiger partial charge in [-0.3, -0.25) is 33.6 Å². The first-order valence-corrected chi connectivity index (χ1v) is 26.8. The SMILES string of the molecule is C=CCC1(C)C(=O)OC(CCC(N)=O)C(=O)N[C@@H](C[C@H](C)CCCC)C(=O)N(C)[C@@H](CC(C)C)C(=O)N[C@@H](CC(C)C)C(=O)N(C)[C@@H](Cc2cn(OC)c3ccccc23)C(=O)N[C@@H](C[C@H](C)CCCC)C(=O)N1C. The highest BCUT2D eigenvalue weighted by Gasteiger charge is 2.46.